The summed E-state index contributed by atoms with van der Waals surface area (Å²) in [6.45, 7) is 0. The summed E-state index contributed by atoms with van der Waals surface area (Å²) in [4.78, 5) is 0. The van der Waals surface area contributed by atoms with E-state index in [9.17, 15) is 0 Å². The third kappa shape index (κ3) is 3.59. The van der Waals surface area contributed by atoms with Gasteiger partial charge in [-0.15, -0.1) is 11.3 Å². The number of aryl methyl sites for hydroxylation is 1. The van der Waals surface area contributed by atoms with Crippen LogP contribution >= 0.6 is 22.1 Å². The average Bonchev–Trinajstić information content (AvgIpc) is 3.10. The van der Waals surface area contributed by atoms with Crippen LogP contribution in [0.1, 0.15) is 18.4 Å². The lowest BCUT2D eigenvalue weighted by molar-refractivity contribution is 0.809. The van der Waals surface area contributed by atoms with Crippen molar-refractivity contribution in [2.24, 2.45) is 4.36 Å². The monoisotopic (exact) mass is 305 g/mol. The molecule has 98 valence electrons. The van der Waals surface area contributed by atoms with Crippen molar-refractivity contribution in [1.29, 1.82) is 0 Å². The zero-order valence-corrected chi connectivity index (χ0v) is 12.9. The lowest BCUT2D eigenvalue weighted by atomic mass is 10.1. The Kier molecular flexibility index (Phi) is 4.53. The minimum absolute atomic E-state index is 0.0300. The predicted molar refractivity (Wildman–Crippen MR) is 87.4 cm³/mol. The largest absolute Gasteiger partial charge is 0.216 e. The molecule has 1 aromatic carbocycles. The molecule has 1 aliphatic rings. The van der Waals surface area contributed by atoms with E-state index in [0.717, 1.165) is 12.8 Å². The van der Waals surface area contributed by atoms with Gasteiger partial charge in [-0.25, -0.2) is 4.36 Å². The maximum atomic E-state index is 4.82. The SMILES string of the molecule is C1=C(CCCc2ccccc2)N=S(c2cccs2)S1. The third-order valence-electron chi connectivity index (χ3n) is 2.88. The van der Waals surface area contributed by atoms with Crippen LogP contribution < -0.4 is 0 Å². The van der Waals surface area contributed by atoms with Crippen molar-refractivity contribution in [1.82, 2.24) is 0 Å². The number of rotatable bonds is 5. The Labute approximate surface area is 124 Å². The highest BCUT2D eigenvalue weighted by Crippen LogP contribution is 2.34. The van der Waals surface area contributed by atoms with Gasteiger partial charge < -0.3 is 0 Å². The molecule has 1 aliphatic heterocycles. The first-order chi connectivity index (χ1) is 9.42. The number of hydrogen-bond donors (Lipinski definition) is 0. The number of benzene rings is 1. The number of allylic oxidation sites excluding steroid dienone is 1. The molecule has 0 saturated carbocycles. The van der Waals surface area contributed by atoms with Crippen molar-refractivity contribution in [3.8, 4) is 0 Å². The van der Waals surface area contributed by atoms with Crippen LogP contribution in [-0.2, 0) is 16.1 Å². The molecule has 1 atom stereocenters. The Morgan fingerprint density at radius 3 is 2.68 bits per heavy atom. The van der Waals surface area contributed by atoms with Gasteiger partial charge in [0.2, 0.25) is 0 Å². The molecule has 0 aliphatic carbocycles. The fourth-order valence-electron chi connectivity index (χ4n) is 1.93. The quantitative estimate of drug-likeness (QED) is 0.670. The molecule has 0 amide bonds. The van der Waals surface area contributed by atoms with Crippen LogP contribution in [0.4, 0.5) is 0 Å². The lowest BCUT2D eigenvalue weighted by Gasteiger charge is -2.00. The van der Waals surface area contributed by atoms with Crippen molar-refractivity contribution in [2.75, 3.05) is 0 Å². The fourth-order valence-corrected chi connectivity index (χ4v) is 6.39. The van der Waals surface area contributed by atoms with Crippen LogP contribution in [0, 0.1) is 0 Å². The second kappa shape index (κ2) is 6.55. The first-order valence-corrected chi connectivity index (χ1v) is 9.77. The summed E-state index contributed by atoms with van der Waals surface area (Å²) in [7, 11) is 1.89. The average molecular weight is 305 g/mol. The van der Waals surface area contributed by atoms with Crippen molar-refractivity contribution in [3.05, 3.63) is 64.5 Å². The van der Waals surface area contributed by atoms with Gasteiger partial charge in [-0.2, -0.15) is 0 Å². The summed E-state index contributed by atoms with van der Waals surface area (Å²) >= 11 is 1.81. The van der Waals surface area contributed by atoms with Crippen LogP contribution in [0.15, 0.2) is 67.5 Å². The van der Waals surface area contributed by atoms with Gasteiger partial charge in [0.05, 0.1) is 9.91 Å². The third-order valence-corrected chi connectivity index (χ3v) is 7.65. The molecular weight excluding hydrogens is 290 g/mol. The van der Waals surface area contributed by atoms with Gasteiger partial charge in [0.25, 0.3) is 0 Å². The summed E-state index contributed by atoms with van der Waals surface area (Å²) in [6.07, 6.45) is 3.42. The van der Waals surface area contributed by atoms with E-state index in [0.29, 0.717) is 0 Å². The standard InChI is InChI=1S/C15H15NS3/c1-2-6-13(7-3-1)8-4-9-14-12-18-19(16-14)15-10-5-11-17-15/h1-3,5-7,10-12H,4,8-9H2. The number of nitrogens with zero attached hydrogens (tertiary/aromatic N) is 1. The van der Waals surface area contributed by atoms with Gasteiger partial charge in [0, 0.05) is 15.1 Å². The zero-order valence-electron chi connectivity index (χ0n) is 10.5. The van der Waals surface area contributed by atoms with Gasteiger partial charge in [-0.1, -0.05) is 36.4 Å². The smallest absolute Gasteiger partial charge is 0.0819 e. The molecule has 1 unspecified atom stereocenters. The van der Waals surface area contributed by atoms with Gasteiger partial charge in [-0.3, -0.25) is 0 Å². The highest BCUT2D eigenvalue weighted by molar-refractivity contribution is 8.71. The van der Waals surface area contributed by atoms with Crippen LogP contribution in [0.5, 0.6) is 0 Å². The highest BCUT2D eigenvalue weighted by atomic mass is 33.1. The van der Waals surface area contributed by atoms with Crippen molar-refractivity contribution in [2.45, 2.75) is 23.5 Å². The Bertz CT molecular complexity index is 585. The fraction of sp³-hybridized carbons (Fsp3) is 0.200. The summed E-state index contributed by atoms with van der Waals surface area (Å²) in [5.41, 5.74) is 2.70. The molecule has 1 nitrogen and oxygen atoms in total. The topological polar surface area (TPSA) is 12.4 Å². The lowest BCUT2D eigenvalue weighted by Crippen LogP contribution is -1.85. The molecule has 3 rings (SSSR count). The molecule has 0 N–H and O–H groups in total. The summed E-state index contributed by atoms with van der Waals surface area (Å²) in [5.74, 6) is 0. The van der Waals surface area contributed by atoms with Gasteiger partial charge in [0.1, 0.15) is 0 Å². The molecule has 4 heteroatoms. The minimum Gasteiger partial charge on any atom is -0.216 e. The second-order valence-corrected chi connectivity index (χ2v) is 8.60. The van der Waals surface area contributed by atoms with E-state index in [1.54, 1.807) is 0 Å². The maximum absolute atomic E-state index is 4.82. The first kappa shape index (κ1) is 13.2. The predicted octanol–water partition coefficient (Wildman–Crippen LogP) is 5.44. The Balaban J connectivity index is 1.52. The molecule has 2 aromatic rings. The van der Waals surface area contributed by atoms with E-state index in [4.69, 9.17) is 4.36 Å². The summed E-state index contributed by atoms with van der Waals surface area (Å²) < 4.78 is 6.21. The van der Waals surface area contributed by atoms with Gasteiger partial charge in [0.15, 0.2) is 0 Å². The van der Waals surface area contributed by atoms with E-state index in [-0.39, 0.29) is 9.72 Å². The summed E-state index contributed by atoms with van der Waals surface area (Å²) in [5, 5.41) is 4.37. The molecular formula is C15H15NS3. The molecule has 2 heterocycles. The van der Waals surface area contributed by atoms with E-state index < -0.39 is 0 Å². The second-order valence-electron chi connectivity index (χ2n) is 4.32. The number of hydrogen-bond acceptors (Lipinski definition) is 3. The molecule has 1 aromatic heterocycles. The van der Waals surface area contributed by atoms with Crippen molar-refractivity contribution < 1.29 is 0 Å². The van der Waals surface area contributed by atoms with Crippen molar-refractivity contribution in [3.63, 3.8) is 0 Å². The van der Waals surface area contributed by atoms with E-state index >= 15 is 0 Å². The van der Waals surface area contributed by atoms with E-state index in [2.05, 4.69) is 53.3 Å². The Hall–Kier alpha value is -0.840. The molecule has 0 fully saturated rings. The summed E-state index contributed by atoms with van der Waals surface area (Å²) in [6, 6.07) is 15.0. The van der Waals surface area contributed by atoms with Crippen LogP contribution in [0.25, 0.3) is 0 Å². The Morgan fingerprint density at radius 2 is 1.89 bits per heavy atom. The van der Waals surface area contributed by atoms with Gasteiger partial charge >= 0.3 is 0 Å². The molecule has 0 radical (unpaired) electrons. The maximum Gasteiger partial charge on any atom is 0.0819 e. The molecule has 19 heavy (non-hydrogen) atoms. The van der Waals surface area contributed by atoms with Crippen molar-refractivity contribution >= 4 is 31.9 Å². The Morgan fingerprint density at radius 1 is 1.00 bits per heavy atom. The zero-order chi connectivity index (χ0) is 12.9. The number of thiophene rings is 1. The normalized spacial score (nSPS) is 18.1. The van der Waals surface area contributed by atoms with Crippen LogP contribution in [0.2, 0.25) is 0 Å². The molecule has 0 spiro atoms. The van der Waals surface area contributed by atoms with Gasteiger partial charge in [-0.05, 0) is 47.1 Å². The van der Waals surface area contributed by atoms with Crippen LogP contribution in [0.3, 0.4) is 0 Å². The van der Waals surface area contributed by atoms with Crippen LogP contribution in [-0.4, -0.2) is 0 Å². The molecule has 0 saturated heterocycles. The van der Waals surface area contributed by atoms with E-state index in [1.807, 2.05) is 22.1 Å². The molecule has 0 bridgehead atoms. The first-order valence-electron chi connectivity index (χ1n) is 6.31. The highest BCUT2D eigenvalue weighted by Gasteiger charge is 2.10. The minimum atomic E-state index is 0.0300. The van der Waals surface area contributed by atoms with E-state index in [1.165, 1.54) is 21.9 Å².